The van der Waals surface area contributed by atoms with Crippen LogP contribution in [0.5, 0.6) is 0 Å². The van der Waals surface area contributed by atoms with Crippen molar-refractivity contribution in [3.05, 3.63) is 0 Å². The van der Waals surface area contributed by atoms with Gasteiger partial charge in [0.1, 0.15) is 0 Å². The summed E-state index contributed by atoms with van der Waals surface area (Å²) in [4.78, 5) is 15.5. The molecule has 19 heavy (non-hydrogen) atoms. The first-order valence-electron chi connectivity index (χ1n) is 7.02. The summed E-state index contributed by atoms with van der Waals surface area (Å²) in [6.07, 6.45) is 0.432. The summed E-state index contributed by atoms with van der Waals surface area (Å²) in [7, 11) is 3.51. The quantitative estimate of drug-likeness (QED) is 0.364. The Labute approximate surface area is 117 Å². The minimum Gasteiger partial charge on any atom is -0.469 e. The average Bonchev–Trinajstić information content (AvgIpc) is 2.41. The maximum absolute atomic E-state index is 10.9. The zero-order valence-electron chi connectivity index (χ0n) is 12.7. The molecule has 6 heteroatoms. The first-order valence-corrected chi connectivity index (χ1v) is 7.02. The molecular formula is C13H30N4O2. The van der Waals surface area contributed by atoms with Crippen molar-refractivity contribution in [2.24, 2.45) is 5.73 Å². The van der Waals surface area contributed by atoms with Crippen LogP contribution in [0.3, 0.4) is 0 Å². The molecule has 0 heterocycles. The van der Waals surface area contributed by atoms with Gasteiger partial charge in [-0.2, -0.15) is 0 Å². The van der Waals surface area contributed by atoms with E-state index in [1.165, 1.54) is 7.11 Å². The molecule has 0 amide bonds. The van der Waals surface area contributed by atoms with Crippen LogP contribution in [0.4, 0.5) is 0 Å². The molecule has 114 valence electrons. The summed E-state index contributed by atoms with van der Waals surface area (Å²) < 4.78 is 4.58. The maximum atomic E-state index is 10.9. The summed E-state index contributed by atoms with van der Waals surface area (Å²) >= 11 is 0. The predicted octanol–water partition coefficient (Wildman–Crippen LogP) is -0.648. The highest BCUT2D eigenvalue weighted by atomic mass is 16.5. The maximum Gasteiger partial charge on any atom is 0.306 e. The molecule has 3 N–H and O–H groups in total. The van der Waals surface area contributed by atoms with Crippen molar-refractivity contribution in [1.82, 2.24) is 15.1 Å². The van der Waals surface area contributed by atoms with Crippen LogP contribution < -0.4 is 11.1 Å². The summed E-state index contributed by atoms with van der Waals surface area (Å²) in [6, 6.07) is 0. The van der Waals surface area contributed by atoms with E-state index >= 15 is 0 Å². The van der Waals surface area contributed by atoms with Crippen LogP contribution in [0.25, 0.3) is 0 Å². The van der Waals surface area contributed by atoms with E-state index in [2.05, 4.69) is 33.8 Å². The molecule has 0 aliphatic rings. The summed E-state index contributed by atoms with van der Waals surface area (Å²) in [5, 5.41) is 3.25. The number of carbonyl (C=O) groups excluding carboxylic acids is 1. The summed E-state index contributed by atoms with van der Waals surface area (Å²) in [5.41, 5.74) is 5.51. The number of nitrogens with one attached hydrogen (secondary N) is 1. The Morgan fingerprint density at radius 2 is 1.95 bits per heavy atom. The number of ether oxygens (including phenoxy) is 1. The van der Waals surface area contributed by atoms with Crippen LogP contribution in [0, 0.1) is 0 Å². The van der Waals surface area contributed by atoms with Gasteiger partial charge < -0.3 is 25.6 Å². The summed E-state index contributed by atoms with van der Waals surface area (Å²) in [6.45, 7) is 9.49. The van der Waals surface area contributed by atoms with Gasteiger partial charge in [0, 0.05) is 45.8 Å². The third-order valence-corrected chi connectivity index (χ3v) is 3.09. The van der Waals surface area contributed by atoms with E-state index in [1.54, 1.807) is 0 Å². The van der Waals surface area contributed by atoms with Crippen LogP contribution in [-0.2, 0) is 9.53 Å². The van der Waals surface area contributed by atoms with E-state index in [0.717, 1.165) is 39.3 Å². The number of esters is 1. The van der Waals surface area contributed by atoms with Gasteiger partial charge in [-0.15, -0.1) is 0 Å². The van der Waals surface area contributed by atoms with Gasteiger partial charge in [-0.05, 0) is 13.6 Å². The van der Waals surface area contributed by atoms with Crippen molar-refractivity contribution in [2.75, 3.05) is 66.5 Å². The molecule has 0 aromatic carbocycles. The van der Waals surface area contributed by atoms with Crippen molar-refractivity contribution in [1.29, 1.82) is 0 Å². The van der Waals surface area contributed by atoms with E-state index in [4.69, 9.17) is 5.73 Å². The van der Waals surface area contributed by atoms with Gasteiger partial charge in [0.15, 0.2) is 0 Å². The average molecular weight is 274 g/mol. The Morgan fingerprint density at radius 1 is 1.21 bits per heavy atom. The lowest BCUT2D eigenvalue weighted by Crippen LogP contribution is -2.38. The molecule has 0 saturated carbocycles. The lowest BCUT2D eigenvalue weighted by atomic mass is 10.4. The van der Waals surface area contributed by atoms with Gasteiger partial charge in [0.2, 0.25) is 0 Å². The second-order valence-electron chi connectivity index (χ2n) is 4.60. The minimum atomic E-state index is -0.164. The molecule has 0 aromatic rings. The largest absolute Gasteiger partial charge is 0.469 e. The van der Waals surface area contributed by atoms with Crippen molar-refractivity contribution >= 4 is 5.97 Å². The van der Waals surface area contributed by atoms with E-state index in [1.807, 2.05) is 0 Å². The molecule has 0 atom stereocenters. The molecule has 0 unspecified atom stereocenters. The van der Waals surface area contributed by atoms with Crippen molar-refractivity contribution in [3.63, 3.8) is 0 Å². The summed E-state index contributed by atoms with van der Waals surface area (Å²) in [5.74, 6) is -0.164. The standard InChI is InChI=1S/C13H30N4O2/c1-4-17(12-11-16(2)9-6-14)10-8-15-7-5-13(18)19-3/h15H,4-12,14H2,1-3H3. The van der Waals surface area contributed by atoms with Crippen LogP contribution in [0.15, 0.2) is 0 Å². The second-order valence-corrected chi connectivity index (χ2v) is 4.60. The van der Waals surface area contributed by atoms with Gasteiger partial charge in [0.25, 0.3) is 0 Å². The highest BCUT2D eigenvalue weighted by molar-refractivity contribution is 5.69. The number of carbonyl (C=O) groups is 1. The second kappa shape index (κ2) is 12.3. The van der Waals surface area contributed by atoms with Crippen LogP contribution in [0.2, 0.25) is 0 Å². The van der Waals surface area contributed by atoms with E-state index in [9.17, 15) is 4.79 Å². The molecule has 0 aliphatic carbocycles. The normalized spacial score (nSPS) is 11.3. The third-order valence-electron chi connectivity index (χ3n) is 3.09. The Morgan fingerprint density at radius 3 is 2.53 bits per heavy atom. The monoisotopic (exact) mass is 274 g/mol. The number of hydrogen-bond donors (Lipinski definition) is 2. The van der Waals surface area contributed by atoms with Gasteiger partial charge in [-0.3, -0.25) is 4.79 Å². The zero-order chi connectivity index (χ0) is 14.5. The predicted molar refractivity (Wildman–Crippen MR) is 78.2 cm³/mol. The molecule has 0 bridgehead atoms. The first kappa shape index (κ1) is 18.3. The van der Waals surface area contributed by atoms with Crippen molar-refractivity contribution in [3.8, 4) is 0 Å². The molecule has 0 saturated heterocycles. The Balaban J connectivity index is 3.56. The van der Waals surface area contributed by atoms with E-state index < -0.39 is 0 Å². The molecule has 0 spiro atoms. The van der Waals surface area contributed by atoms with Gasteiger partial charge in [-0.1, -0.05) is 6.92 Å². The zero-order valence-corrected chi connectivity index (χ0v) is 12.7. The number of nitrogens with two attached hydrogens (primary N) is 1. The lowest BCUT2D eigenvalue weighted by molar-refractivity contribution is -0.140. The first-order chi connectivity index (χ1) is 9.13. The topological polar surface area (TPSA) is 70.8 Å². The number of hydrogen-bond acceptors (Lipinski definition) is 6. The molecule has 0 fully saturated rings. The molecule has 0 rings (SSSR count). The molecule has 0 aliphatic heterocycles. The van der Waals surface area contributed by atoms with Crippen LogP contribution in [-0.4, -0.2) is 82.3 Å². The van der Waals surface area contributed by atoms with E-state index in [0.29, 0.717) is 19.5 Å². The van der Waals surface area contributed by atoms with E-state index in [-0.39, 0.29) is 5.97 Å². The third kappa shape index (κ3) is 10.9. The van der Waals surface area contributed by atoms with Gasteiger partial charge >= 0.3 is 5.97 Å². The number of nitrogens with zero attached hydrogens (tertiary/aromatic N) is 2. The minimum absolute atomic E-state index is 0.164. The molecule has 0 radical (unpaired) electrons. The van der Waals surface area contributed by atoms with Gasteiger partial charge in [-0.25, -0.2) is 0 Å². The lowest BCUT2D eigenvalue weighted by Gasteiger charge is -2.24. The Kier molecular flexibility index (Phi) is 11.9. The highest BCUT2D eigenvalue weighted by Crippen LogP contribution is 1.89. The number of methoxy groups -OCH3 is 1. The van der Waals surface area contributed by atoms with Crippen molar-refractivity contribution in [2.45, 2.75) is 13.3 Å². The van der Waals surface area contributed by atoms with Gasteiger partial charge in [0.05, 0.1) is 13.5 Å². The fourth-order valence-electron chi connectivity index (χ4n) is 1.73. The Bertz CT molecular complexity index is 227. The fourth-order valence-corrected chi connectivity index (χ4v) is 1.73. The number of rotatable bonds is 12. The van der Waals surface area contributed by atoms with Crippen LogP contribution in [0.1, 0.15) is 13.3 Å². The highest BCUT2D eigenvalue weighted by Gasteiger charge is 2.04. The van der Waals surface area contributed by atoms with Crippen molar-refractivity contribution < 1.29 is 9.53 Å². The molecular weight excluding hydrogens is 244 g/mol. The smallest absolute Gasteiger partial charge is 0.306 e. The van der Waals surface area contributed by atoms with Crippen LogP contribution >= 0.6 is 0 Å². The Hall–Kier alpha value is -0.690. The molecule has 6 nitrogen and oxygen atoms in total. The fraction of sp³-hybridized carbons (Fsp3) is 0.923. The SMILES string of the molecule is CCN(CCNCCC(=O)OC)CCN(C)CCN. The number of likely N-dealkylation sites (N-methyl/N-ethyl adjacent to an activating group) is 2. The molecule has 0 aromatic heterocycles.